The second-order valence-corrected chi connectivity index (χ2v) is 3.38. The van der Waals surface area contributed by atoms with E-state index in [1.165, 1.54) is 0 Å². The smallest absolute Gasteiger partial charge is 0.317 e. The van der Waals surface area contributed by atoms with Crippen LogP contribution in [0.15, 0.2) is 0 Å². The molecule has 1 rings (SSSR count). The number of hydrogen-bond acceptors (Lipinski definition) is 3. The zero-order chi connectivity index (χ0) is 8.97. The molecule has 4 heteroatoms. The van der Waals surface area contributed by atoms with Crippen molar-refractivity contribution in [1.29, 1.82) is 0 Å². The fraction of sp³-hybridized carbons (Fsp3) is 0.875. The van der Waals surface area contributed by atoms with E-state index in [-0.39, 0.29) is 6.54 Å². The lowest BCUT2D eigenvalue weighted by atomic mass is 10.1. The van der Waals surface area contributed by atoms with Gasteiger partial charge in [0.2, 0.25) is 0 Å². The van der Waals surface area contributed by atoms with Crippen LogP contribution in [0, 0.1) is 0 Å². The molecule has 1 atom stereocenters. The molecule has 1 saturated heterocycles. The van der Waals surface area contributed by atoms with E-state index in [2.05, 4.69) is 17.3 Å². The Morgan fingerprint density at radius 3 is 3.08 bits per heavy atom. The van der Waals surface area contributed by atoms with Crippen LogP contribution in [0.1, 0.15) is 12.8 Å². The Morgan fingerprint density at radius 1 is 1.75 bits per heavy atom. The van der Waals surface area contributed by atoms with Crippen molar-refractivity contribution in [3.8, 4) is 0 Å². The summed E-state index contributed by atoms with van der Waals surface area (Å²) in [6, 6.07) is 0.361. The number of likely N-dealkylation sites (tertiary alicyclic amines) is 1. The van der Waals surface area contributed by atoms with Crippen LogP contribution >= 0.6 is 0 Å². The molecule has 0 saturated carbocycles. The lowest BCUT2D eigenvalue weighted by molar-refractivity contribution is -0.136. The van der Waals surface area contributed by atoms with Gasteiger partial charge < -0.3 is 15.3 Å². The fourth-order valence-corrected chi connectivity index (χ4v) is 1.56. The quantitative estimate of drug-likeness (QED) is 0.616. The average molecular weight is 172 g/mol. The van der Waals surface area contributed by atoms with E-state index in [1.54, 1.807) is 0 Å². The molecule has 70 valence electrons. The van der Waals surface area contributed by atoms with Crippen molar-refractivity contribution in [3.63, 3.8) is 0 Å². The molecule has 4 nitrogen and oxygen atoms in total. The van der Waals surface area contributed by atoms with Crippen molar-refractivity contribution < 1.29 is 9.90 Å². The maximum atomic E-state index is 10.2. The minimum atomic E-state index is -0.775. The number of nitrogens with one attached hydrogen (secondary N) is 1. The number of hydrogen-bond donors (Lipinski definition) is 2. The lowest BCUT2D eigenvalue weighted by Gasteiger charge is -2.29. The molecular weight excluding hydrogens is 156 g/mol. The average Bonchev–Trinajstić information content (AvgIpc) is 2.01. The molecule has 0 aliphatic carbocycles. The first kappa shape index (κ1) is 9.48. The zero-order valence-corrected chi connectivity index (χ0v) is 7.42. The van der Waals surface area contributed by atoms with E-state index >= 15 is 0 Å². The molecule has 0 aromatic heterocycles. The summed E-state index contributed by atoms with van der Waals surface area (Å²) < 4.78 is 0. The van der Waals surface area contributed by atoms with Crippen molar-refractivity contribution in [3.05, 3.63) is 0 Å². The monoisotopic (exact) mass is 172 g/mol. The second-order valence-electron chi connectivity index (χ2n) is 3.38. The largest absolute Gasteiger partial charge is 0.480 e. The van der Waals surface area contributed by atoms with Crippen molar-refractivity contribution in [2.75, 3.05) is 26.7 Å². The van der Waals surface area contributed by atoms with E-state index in [0.717, 1.165) is 25.9 Å². The number of rotatable bonds is 3. The maximum absolute atomic E-state index is 10.2. The van der Waals surface area contributed by atoms with Crippen molar-refractivity contribution in [2.45, 2.75) is 18.9 Å². The first-order chi connectivity index (χ1) is 5.68. The van der Waals surface area contributed by atoms with E-state index in [4.69, 9.17) is 5.11 Å². The molecule has 1 fully saturated rings. The number of likely N-dealkylation sites (N-methyl/N-ethyl adjacent to an activating group) is 1. The molecular formula is C8H16N2O2. The van der Waals surface area contributed by atoms with Gasteiger partial charge in [0.15, 0.2) is 0 Å². The molecule has 0 radical (unpaired) electrons. The maximum Gasteiger partial charge on any atom is 0.317 e. The normalized spacial score (nSPS) is 25.6. The first-order valence-corrected chi connectivity index (χ1v) is 4.32. The van der Waals surface area contributed by atoms with Gasteiger partial charge in [-0.1, -0.05) is 0 Å². The predicted molar refractivity (Wildman–Crippen MR) is 46.2 cm³/mol. The van der Waals surface area contributed by atoms with Crippen molar-refractivity contribution in [1.82, 2.24) is 10.2 Å². The summed E-state index contributed by atoms with van der Waals surface area (Å²) in [5.74, 6) is -0.775. The summed E-state index contributed by atoms with van der Waals surface area (Å²) in [5.41, 5.74) is 0. The molecule has 0 bridgehead atoms. The molecule has 0 spiro atoms. The molecule has 1 aliphatic rings. The van der Waals surface area contributed by atoms with Gasteiger partial charge in [-0.25, -0.2) is 0 Å². The summed E-state index contributed by atoms with van der Waals surface area (Å²) in [7, 11) is 2.06. The van der Waals surface area contributed by atoms with Crippen molar-refractivity contribution >= 4 is 5.97 Å². The number of piperidine rings is 1. The van der Waals surface area contributed by atoms with Gasteiger partial charge in [0.05, 0.1) is 6.54 Å². The van der Waals surface area contributed by atoms with Crippen LogP contribution in [0.5, 0.6) is 0 Å². The van der Waals surface area contributed by atoms with Gasteiger partial charge in [-0.05, 0) is 26.4 Å². The summed E-state index contributed by atoms with van der Waals surface area (Å²) in [6.07, 6.45) is 2.26. The van der Waals surface area contributed by atoms with Gasteiger partial charge >= 0.3 is 5.97 Å². The minimum Gasteiger partial charge on any atom is -0.480 e. The third kappa shape index (κ3) is 3.19. The van der Waals surface area contributed by atoms with E-state index < -0.39 is 5.97 Å². The van der Waals surface area contributed by atoms with Gasteiger partial charge in [0.25, 0.3) is 0 Å². The summed E-state index contributed by atoms with van der Waals surface area (Å²) in [6.45, 7) is 2.18. The SMILES string of the molecule is CN1CCC[C@@H](NCC(=O)O)C1. The second kappa shape index (κ2) is 4.42. The Labute approximate surface area is 72.6 Å². The molecule has 0 amide bonds. The third-order valence-electron chi connectivity index (χ3n) is 2.17. The third-order valence-corrected chi connectivity index (χ3v) is 2.17. The molecule has 1 aliphatic heterocycles. The minimum absolute atomic E-state index is 0.0819. The predicted octanol–water partition coefficient (Wildman–Crippen LogP) is -0.245. The van der Waals surface area contributed by atoms with Crippen LogP contribution < -0.4 is 5.32 Å². The highest BCUT2D eigenvalue weighted by atomic mass is 16.4. The highest BCUT2D eigenvalue weighted by Crippen LogP contribution is 2.06. The highest BCUT2D eigenvalue weighted by molar-refractivity contribution is 5.69. The van der Waals surface area contributed by atoms with Gasteiger partial charge in [-0.15, -0.1) is 0 Å². The standard InChI is InChI=1S/C8H16N2O2/c1-10-4-2-3-7(6-10)9-5-8(11)12/h7,9H,2-6H2,1H3,(H,11,12)/t7-/m1/s1. The van der Waals surface area contributed by atoms with Crippen LogP contribution in [0.4, 0.5) is 0 Å². The van der Waals surface area contributed by atoms with Crippen LogP contribution in [-0.2, 0) is 4.79 Å². The number of carboxylic acids is 1. The first-order valence-electron chi connectivity index (χ1n) is 4.32. The number of nitrogens with zero attached hydrogens (tertiary/aromatic N) is 1. The molecule has 0 unspecified atom stereocenters. The van der Waals surface area contributed by atoms with Gasteiger partial charge in [0.1, 0.15) is 0 Å². The van der Waals surface area contributed by atoms with Gasteiger partial charge in [-0.3, -0.25) is 4.79 Å². The summed E-state index contributed by atoms with van der Waals surface area (Å²) in [4.78, 5) is 12.5. The van der Waals surface area contributed by atoms with E-state index in [0.29, 0.717) is 6.04 Å². The van der Waals surface area contributed by atoms with Crippen LogP contribution in [0.2, 0.25) is 0 Å². The van der Waals surface area contributed by atoms with Gasteiger partial charge in [0, 0.05) is 12.6 Å². The zero-order valence-electron chi connectivity index (χ0n) is 7.42. The Bertz CT molecular complexity index is 161. The molecule has 2 N–H and O–H groups in total. The van der Waals surface area contributed by atoms with Crippen LogP contribution in [0.25, 0.3) is 0 Å². The Morgan fingerprint density at radius 2 is 2.50 bits per heavy atom. The number of carboxylic acid groups (broad SMARTS) is 1. The highest BCUT2D eigenvalue weighted by Gasteiger charge is 2.16. The summed E-state index contributed by atoms with van der Waals surface area (Å²) >= 11 is 0. The van der Waals surface area contributed by atoms with Crippen LogP contribution in [-0.4, -0.2) is 48.7 Å². The molecule has 0 aromatic carbocycles. The van der Waals surface area contributed by atoms with E-state index in [1.807, 2.05) is 0 Å². The fourth-order valence-electron chi connectivity index (χ4n) is 1.56. The number of aliphatic carboxylic acids is 1. The Hall–Kier alpha value is -0.610. The Kier molecular flexibility index (Phi) is 3.49. The topological polar surface area (TPSA) is 52.6 Å². The Balaban J connectivity index is 2.18. The lowest BCUT2D eigenvalue weighted by Crippen LogP contribution is -2.45. The van der Waals surface area contributed by atoms with Gasteiger partial charge in [-0.2, -0.15) is 0 Å². The molecule has 1 heterocycles. The summed E-state index contributed by atoms with van der Waals surface area (Å²) in [5, 5.41) is 11.4. The molecule has 0 aromatic rings. The molecule has 12 heavy (non-hydrogen) atoms. The van der Waals surface area contributed by atoms with Crippen molar-refractivity contribution in [2.24, 2.45) is 0 Å². The van der Waals surface area contributed by atoms with E-state index in [9.17, 15) is 4.79 Å². The van der Waals surface area contributed by atoms with Crippen LogP contribution in [0.3, 0.4) is 0 Å². The number of carbonyl (C=O) groups is 1.